The lowest BCUT2D eigenvalue weighted by Gasteiger charge is -2.44. The quantitative estimate of drug-likeness (QED) is 0.875. The Kier molecular flexibility index (Phi) is 5.98. The van der Waals surface area contributed by atoms with Crippen LogP contribution in [0, 0.1) is 17.8 Å². The molecule has 3 unspecified atom stereocenters. The number of hydrogen-bond acceptors (Lipinski definition) is 4. The summed E-state index contributed by atoms with van der Waals surface area (Å²) >= 11 is 0. The van der Waals surface area contributed by atoms with Crippen LogP contribution in [0.3, 0.4) is 0 Å². The molecule has 3 atom stereocenters. The van der Waals surface area contributed by atoms with Gasteiger partial charge in [0.15, 0.2) is 17.6 Å². The first-order valence-corrected chi connectivity index (χ1v) is 9.51. The zero-order chi connectivity index (χ0) is 17.4. The molecule has 1 aromatic carbocycles. The number of likely N-dealkylation sites (N-methyl/N-ethyl adjacent to an activating group) is 1. The van der Waals surface area contributed by atoms with E-state index in [0.717, 1.165) is 24.3 Å². The summed E-state index contributed by atoms with van der Waals surface area (Å²) in [6, 6.07) is 7.98. The van der Waals surface area contributed by atoms with Crippen molar-refractivity contribution < 1.29 is 14.3 Å². The zero-order valence-electron chi connectivity index (χ0n) is 15.3. The van der Waals surface area contributed by atoms with Crippen molar-refractivity contribution in [1.29, 1.82) is 0 Å². The number of benzene rings is 1. The molecular formula is C20H29ClN2O3. The standard InChI is InChI=1S/C20H28N2O3.ClH/c1-22(11-16-12-24-17-7-2-3-8-18(17)25-16)20(23)15-9-13-5-4-6-14(10-15)19(13)21;/h2-3,7-8,13-16,19H,4-6,9-12,21H2,1H3;1H. The van der Waals surface area contributed by atoms with E-state index in [1.807, 2.05) is 36.2 Å². The summed E-state index contributed by atoms with van der Waals surface area (Å²) in [6.07, 6.45) is 5.42. The Morgan fingerprint density at radius 1 is 1.19 bits per heavy atom. The lowest BCUT2D eigenvalue weighted by Crippen LogP contribution is -2.50. The van der Waals surface area contributed by atoms with Gasteiger partial charge in [0.1, 0.15) is 6.61 Å². The molecule has 6 heteroatoms. The van der Waals surface area contributed by atoms with Gasteiger partial charge in [0.05, 0.1) is 6.54 Å². The lowest BCUT2D eigenvalue weighted by molar-refractivity contribution is -0.138. The van der Waals surface area contributed by atoms with E-state index in [2.05, 4.69) is 0 Å². The Morgan fingerprint density at radius 3 is 2.54 bits per heavy atom. The number of carbonyl (C=O) groups is 1. The molecule has 0 aromatic heterocycles. The second-order valence-corrected chi connectivity index (χ2v) is 7.91. The fourth-order valence-electron chi connectivity index (χ4n) is 4.85. The Hall–Kier alpha value is -1.46. The molecule has 2 N–H and O–H groups in total. The number of hydrogen-bond donors (Lipinski definition) is 1. The molecule has 0 radical (unpaired) electrons. The lowest BCUT2D eigenvalue weighted by atomic mass is 9.65. The number of carbonyl (C=O) groups excluding carboxylic acids is 1. The predicted molar refractivity (Wildman–Crippen MR) is 103 cm³/mol. The number of fused-ring (bicyclic) bond motifs is 3. The van der Waals surface area contributed by atoms with Crippen molar-refractivity contribution in [2.45, 2.75) is 44.2 Å². The summed E-state index contributed by atoms with van der Waals surface area (Å²) in [5.74, 6) is 2.95. The first-order chi connectivity index (χ1) is 12.1. The van der Waals surface area contributed by atoms with Crippen molar-refractivity contribution in [3.8, 4) is 11.5 Å². The van der Waals surface area contributed by atoms with Gasteiger partial charge in [-0.2, -0.15) is 0 Å². The largest absolute Gasteiger partial charge is 0.486 e. The molecule has 5 nitrogen and oxygen atoms in total. The van der Waals surface area contributed by atoms with Crippen LogP contribution in [0.1, 0.15) is 32.1 Å². The van der Waals surface area contributed by atoms with E-state index in [1.54, 1.807) is 0 Å². The van der Waals surface area contributed by atoms with Gasteiger partial charge >= 0.3 is 0 Å². The van der Waals surface area contributed by atoms with Crippen molar-refractivity contribution in [3.05, 3.63) is 24.3 Å². The van der Waals surface area contributed by atoms with Crippen molar-refractivity contribution >= 4 is 18.3 Å². The second kappa shape index (κ2) is 8.05. The van der Waals surface area contributed by atoms with E-state index in [0.29, 0.717) is 31.0 Å². The number of nitrogens with two attached hydrogens (primary N) is 1. The highest BCUT2D eigenvalue weighted by Crippen LogP contribution is 2.42. The topological polar surface area (TPSA) is 64.8 Å². The minimum atomic E-state index is -0.116. The Bertz CT molecular complexity index is 627. The maximum atomic E-state index is 12.9. The third-order valence-electron chi connectivity index (χ3n) is 6.18. The molecule has 2 fully saturated rings. The molecule has 2 saturated carbocycles. The van der Waals surface area contributed by atoms with Crippen LogP contribution in [-0.2, 0) is 4.79 Å². The Labute approximate surface area is 161 Å². The highest BCUT2D eigenvalue weighted by atomic mass is 35.5. The van der Waals surface area contributed by atoms with Gasteiger partial charge in [-0.1, -0.05) is 18.6 Å². The molecular weight excluding hydrogens is 352 g/mol. The van der Waals surface area contributed by atoms with Gasteiger partial charge in [0.25, 0.3) is 0 Å². The van der Waals surface area contributed by atoms with Crippen LogP contribution in [0.2, 0.25) is 0 Å². The van der Waals surface area contributed by atoms with E-state index < -0.39 is 0 Å². The third-order valence-corrected chi connectivity index (χ3v) is 6.18. The van der Waals surface area contributed by atoms with E-state index in [-0.39, 0.29) is 30.3 Å². The van der Waals surface area contributed by atoms with Crippen molar-refractivity contribution in [1.82, 2.24) is 4.90 Å². The molecule has 2 bridgehead atoms. The molecule has 1 aromatic rings. The third kappa shape index (κ3) is 3.79. The molecule has 2 aliphatic carbocycles. The van der Waals surface area contributed by atoms with Crippen molar-refractivity contribution in [3.63, 3.8) is 0 Å². The van der Waals surface area contributed by atoms with Crippen LogP contribution in [0.25, 0.3) is 0 Å². The summed E-state index contributed by atoms with van der Waals surface area (Å²) in [5, 5.41) is 0. The van der Waals surface area contributed by atoms with Crippen LogP contribution >= 0.6 is 12.4 Å². The smallest absolute Gasteiger partial charge is 0.225 e. The minimum Gasteiger partial charge on any atom is -0.486 e. The first-order valence-electron chi connectivity index (χ1n) is 9.51. The summed E-state index contributed by atoms with van der Waals surface area (Å²) in [7, 11) is 1.89. The van der Waals surface area contributed by atoms with Gasteiger partial charge in [0, 0.05) is 19.0 Å². The fraction of sp³-hybridized carbons (Fsp3) is 0.650. The van der Waals surface area contributed by atoms with Crippen molar-refractivity contribution in [2.24, 2.45) is 23.5 Å². The van der Waals surface area contributed by atoms with E-state index in [1.165, 1.54) is 19.3 Å². The number of nitrogens with zero attached hydrogens (tertiary/aromatic N) is 1. The number of ether oxygens (including phenoxy) is 2. The summed E-state index contributed by atoms with van der Waals surface area (Å²) in [5.41, 5.74) is 6.36. The van der Waals surface area contributed by atoms with Gasteiger partial charge in [-0.25, -0.2) is 0 Å². The van der Waals surface area contributed by atoms with Crippen LogP contribution in [0.15, 0.2) is 24.3 Å². The SMILES string of the molecule is CN(CC1COc2ccccc2O1)C(=O)C1CC2CCCC(C1)C2N.Cl. The number of halogens is 1. The summed E-state index contributed by atoms with van der Waals surface area (Å²) < 4.78 is 11.8. The van der Waals surface area contributed by atoms with Gasteiger partial charge in [-0.05, 0) is 49.7 Å². The number of amides is 1. The normalized spacial score (nSPS) is 32.3. The predicted octanol–water partition coefficient (Wildman–Crippen LogP) is 2.86. The first kappa shape index (κ1) is 19.3. The highest BCUT2D eigenvalue weighted by Gasteiger charge is 2.41. The van der Waals surface area contributed by atoms with Crippen LogP contribution in [0.5, 0.6) is 11.5 Å². The Balaban J connectivity index is 0.00000196. The average molecular weight is 381 g/mol. The summed E-state index contributed by atoms with van der Waals surface area (Å²) in [6.45, 7) is 1.04. The van der Waals surface area contributed by atoms with Gasteiger partial charge in [-0.15, -0.1) is 12.4 Å². The molecule has 1 heterocycles. The number of rotatable bonds is 3. The maximum Gasteiger partial charge on any atom is 0.225 e. The minimum absolute atomic E-state index is 0. The molecule has 26 heavy (non-hydrogen) atoms. The molecule has 3 aliphatic rings. The molecule has 144 valence electrons. The molecule has 0 saturated heterocycles. The van der Waals surface area contributed by atoms with Crippen LogP contribution < -0.4 is 15.2 Å². The van der Waals surface area contributed by atoms with Crippen LogP contribution in [-0.4, -0.2) is 43.2 Å². The van der Waals surface area contributed by atoms with Gasteiger partial charge < -0.3 is 20.1 Å². The second-order valence-electron chi connectivity index (χ2n) is 7.91. The zero-order valence-corrected chi connectivity index (χ0v) is 16.1. The average Bonchev–Trinajstić information content (AvgIpc) is 2.61. The monoisotopic (exact) mass is 380 g/mol. The number of para-hydroxylation sites is 2. The van der Waals surface area contributed by atoms with Gasteiger partial charge in [-0.3, -0.25) is 4.79 Å². The molecule has 1 amide bonds. The van der Waals surface area contributed by atoms with Gasteiger partial charge in [0.2, 0.25) is 5.91 Å². The van der Waals surface area contributed by atoms with E-state index >= 15 is 0 Å². The summed E-state index contributed by atoms with van der Waals surface area (Å²) in [4.78, 5) is 14.8. The van der Waals surface area contributed by atoms with E-state index in [4.69, 9.17) is 15.2 Å². The van der Waals surface area contributed by atoms with Crippen LogP contribution in [0.4, 0.5) is 0 Å². The van der Waals surface area contributed by atoms with Crippen molar-refractivity contribution in [2.75, 3.05) is 20.2 Å². The van der Waals surface area contributed by atoms with E-state index in [9.17, 15) is 4.79 Å². The molecule has 1 aliphatic heterocycles. The molecule has 4 rings (SSSR count). The maximum absolute atomic E-state index is 12.9. The molecule has 0 spiro atoms. The Morgan fingerprint density at radius 2 is 1.85 bits per heavy atom. The highest BCUT2D eigenvalue weighted by molar-refractivity contribution is 5.85. The fourth-order valence-corrected chi connectivity index (χ4v) is 4.85.